The third kappa shape index (κ3) is 8.93. The zero-order chi connectivity index (χ0) is 27.0. The number of carboxylic acid groups (broad SMARTS) is 1. The molecule has 4 amide bonds. The van der Waals surface area contributed by atoms with Crippen LogP contribution in [0.15, 0.2) is 4.99 Å². The van der Waals surface area contributed by atoms with Gasteiger partial charge in [-0.25, -0.2) is 14.6 Å². The Morgan fingerprint density at radius 2 is 1.66 bits per heavy atom. The van der Waals surface area contributed by atoms with Crippen LogP contribution in [0.25, 0.3) is 0 Å². The summed E-state index contributed by atoms with van der Waals surface area (Å²) in [7, 11) is 0. The quantitative estimate of drug-likeness (QED) is 0.119. The highest BCUT2D eigenvalue weighted by Crippen LogP contribution is 2.16. The number of carbonyl (C=O) groups is 4. The maximum atomic E-state index is 12.4. The third-order valence-corrected chi connectivity index (χ3v) is 5.75. The maximum absolute atomic E-state index is 12.4. The number of carbonyl (C=O) groups excluding carboxylic acids is 3. The van der Waals surface area contributed by atoms with E-state index >= 15 is 0 Å². The molecule has 7 atom stereocenters. The number of aliphatic hydroxyl groups excluding tert-OH is 2. The number of aliphatic carboxylic acids is 1. The number of hydrogen-bond acceptors (Lipinski definition) is 10. The van der Waals surface area contributed by atoms with Crippen LogP contribution in [0.1, 0.15) is 40.0 Å². The van der Waals surface area contributed by atoms with Crippen molar-refractivity contribution < 1.29 is 34.5 Å². The normalized spacial score (nSPS) is 20.9. The van der Waals surface area contributed by atoms with E-state index in [1.54, 1.807) is 13.8 Å². The van der Waals surface area contributed by atoms with Crippen molar-refractivity contribution in [2.24, 2.45) is 33.8 Å². The number of nitrogens with two attached hydrogens (primary N) is 4. The number of nitrogens with zero attached hydrogens (tertiary/aromatic N) is 2. The summed E-state index contributed by atoms with van der Waals surface area (Å²) in [6.45, 7) is 4.73. The first kappa shape index (κ1) is 30.0. The number of guanidine groups is 1. The highest BCUT2D eigenvalue weighted by molar-refractivity contribution is 5.96. The fraction of sp³-hybridized carbons (Fsp3) is 0.750. The van der Waals surface area contributed by atoms with Crippen LogP contribution in [0, 0.1) is 5.92 Å². The van der Waals surface area contributed by atoms with Crippen molar-refractivity contribution in [2.75, 3.05) is 6.54 Å². The van der Waals surface area contributed by atoms with Crippen LogP contribution in [0.4, 0.5) is 4.79 Å². The molecule has 1 rings (SSSR count). The van der Waals surface area contributed by atoms with Crippen molar-refractivity contribution in [2.45, 2.75) is 82.5 Å². The minimum absolute atomic E-state index is 0.0134. The standard InChI is InChI=1S/C20H38N8O7/c1-8(2)15(18(33)34)27-16(31)9(3)25-17(32)14(22)11(21)4-5-12(29)13(30)6-10-7-28(20(24)35)19(23)26-10/h8-15,29-30H,4-7,21-22H2,1-3H3,(H2,23,26)(H2,24,35)(H,25,32)(H,27,31)(H,33,34)/t9-,10+,11-,12+,13-,14-,15-/m0/s1. The molecular formula is C20H38N8O7. The van der Waals surface area contributed by atoms with Crippen LogP contribution in [-0.2, 0) is 14.4 Å². The fourth-order valence-corrected chi connectivity index (χ4v) is 3.46. The molecule has 1 aliphatic heterocycles. The number of nitrogens with one attached hydrogen (secondary N) is 2. The van der Waals surface area contributed by atoms with Gasteiger partial charge in [0.15, 0.2) is 5.96 Å². The minimum atomic E-state index is -1.22. The average Bonchev–Trinajstić information content (AvgIpc) is 3.14. The number of carboxylic acids is 1. The van der Waals surface area contributed by atoms with Crippen molar-refractivity contribution >= 4 is 29.8 Å². The number of primary amides is 1. The molecule has 1 aliphatic rings. The predicted molar refractivity (Wildman–Crippen MR) is 126 cm³/mol. The molecule has 0 aromatic rings. The Balaban J connectivity index is 2.50. The molecule has 0 radical (unpaired) electrons. The Labute approximate surface area is 203 Å². The Bertz CT molecular complexity index is 808. The molecule has 0 aliphatic carbocycles. The smallest absolute Gasteiger partial charge is 0.326 e. The second-order valence-corrected chi connectivity index (χ2v) is 9.03. The SMILES string of the molecule is CC(C)[C@H](NC(=O)[C@H](C)NC(=O)[C@@H](N)[C@@H](N)CC[C@@H](O)[C@@H](O)C[C@@H]1CN(C(N)=O)C(N)=N1)C(=O)O. The van der Waals surface area contributed by atoms with Crippen LogP contribution in [0.3, 0.4) is 0 Å². The van der Waals surface area contributed by atoms with E-state index in [9.17, 15) is 34.5 Å². The molecule has 13 N–H and O–H groups in total. The average molecular weight is 503 g/mol. The van der Waals surface area contributed by atoms with Gasteiger partial charge in [-0.1, -0.05) is 13.8 Å². The topological polar surface area (TPSA) is 273 Å². The summed E-state index contributed by atoms with van der Waals surface area (Å²) >= 11 is 0. The lowest BCUT2D eigenvalue weighted by atomic mass is 9.96. The Morgan fingerprint density at radius 1 is 1.06 bits per heavy atom. The second kappa shape index (κ2) is 13.2. The fourth-order valence-electron chi connectivity index (χ4n) is 3.46. The highest BCUT2D eigenvalue weighted by atomic mass is 16.4. The molecule has 35 heavy (non-hydrogen) atoms. The molecule has 0 saturated carbocycles. The molecule has 0 saturated heterocycles. The molecule has 0 aromatic heterocycles. The molecule has 200 valence electrons. The molecule has 0 aromatic carbocycles. The summed E-state index contributed by atoms with van der Waals surface area (Å²) in [5, 5.41) is 34.4. The van der Waals surface area contributed by atoms with Gasteiger partial charge in [-0.15, -0.1) is 0 Å². The molecule has 0 unspecified atom stereocenters. The summed E-state index contributed by atoms with van der Waals surface area (Å²) in [6.07, 6.45) is -2.30. The van der Waals surface area contributed by atoms with Crippen molar-refractivity contribution in [3.05, 3.63) is 0 Å². The zero-order valence-corrected chi connectivity index (χ0v) is 20.1. The van der Waals surface area contributed by atoms with Gasteiger partial charge in [-0.2, -0.15) is 0 Å². The number of rotatable bonds is 13. The maximum Gasteiger partial charge on any atom is 0.326 e. The van der Waals surface area contributed by atoms with Gasteiger partial charge in [0.25, 0.3) is 0 Å². The Kier molecular flexibility index (Phi) is 11.3. The van der Waals surface area contributed by atoms with Crippen LogP contribution in [0.2, 0.25) is 0 Å². The van der Waals surface area contributed by atoms with Gasteiger partial charge < -0.3 is 48.9 Å². The lowest BCUT2D eigenvalue weighted by Gasteiger charge is -2.25. The molecular weight excluding hydrogens is 464 g/mol. The Hall–Kier alpha value is -3.01. The van der Waals surface area contributed by atoms with Crippen molar-refractivity contribution in [3.63, 3.8) is 0 Å². The lowest BCUT2D eigenvalue weighted by molar-refractivity contribution is -0.143. The van der Waals surface area contributed by atoms with E-state index in [2.05, 4.69) is 15.6 Å². The van der Waals surface area contributed by atoms with E-state index in [0.29, 0.717) is 0 Å². The summed E-state index contributed by atoms with van der Waals surface area (Å²) in [5.74, 6) is -3.04. The van der Waals surface area contributed by atoms with E-state index < -0.39 is 66.2 Å². The van der Waals surface area contributed by atoms with Crippen molar-refractivity contribution in [1.82, 2.24) is 15.5 Å². The lowest BCUT2D eigenvalue weighted by Crippen LogP contribution is -2.57. The van der Waals surface area contributed by atoms with E-state index in [0.717, 1.165) is 4.90 Å². The molecule has 0 fully saturated rings. The van der Waals surface area contributed by atoms with Gasteiger partial charge in [-0.05, 0) is 25.7 Å². The van der Waals surface area contributed by atoms with E-state index in [4.69, 9.17) is 22.9 Å². The number of aliphatic hydroxyl groups is 2. The second-order valence-electron chi connectivity index (χ2n) is 9.03. The summed E-state index contributed by atoms with van der Waals surface area (Å²) < 4.78 is 0. The van der Waals surface area contributed by atoms with Crippen LogP contribution in [0.5, 0.6) is 0 Å². The van der Waals surface area contributed by atoms with E-state index in [-0.39, 0.29) is 37.7 Å². The first-order valence-electron chi connectivity index (χ1n) is 11.3. The molecule has 0 bridgehead atoms. The molecule has 15 nitrogen and oxygen atoms in total. The predicted octanol–water partition coefficient (Wildman–Crippen LogP) is -3.66. The number of hydrogen-bond donors (Lipinski definition) is 9. The summed E-state index contributed by atoms with van der Waals surface area (Å²) in [5.41, 5.74) is 22.6. The Morgan fingerprint density at radius 3 is 2.14 bits per heavy atom. The first-order chi connectivity index (χ1) is 16.1. The van der Waals surface area contributed by atoms with E-state index in [1.807, 2.05) is 0 Å². The van der Waals surface area contributed by atoms with Crippen LogP contribution >= 0.6 is 0 Å². The number of aliphatic imine (C=N–C) groups is 1. The number of amides is 4. The summed E-state index contributed by atoms with van der Waals surface area (Å²) in [4.78, 5) is 52.2. The summed E-state index contributed by atoms with van der Waals surface area (Å²) in [6, 6.07) is -5.60. The monoisotopic (exact) mass is 502 g/mol. The largest absolute Gasteiger partial charge is 0.480 e. The van der Waals surface area contributed by atoms with Crippen LogP contribution < -0.4 is 33.6 Å². The van der Waals surface area contributed by atoms with E-state index in [1.165, 1.54) is 6.92 Å². The minimum Gasteiger partial charge on any atom is -0.480 e. The zero-order valence-electron chi connectivity index (χ0n) is 20.1. The van der Waals surface area contributed by atoms with Crippen LogP contribution in [-0.4, -0.2) is 99.0 Å². The molecule has 0 spiro atoms. The van der Waals surface area contributed by atoms with Crippen molar-refractivity contribution in [1.29, 1.82) is 0 Å². The molecule has 15 heteroatoms. The van der Waals surface area contributed by atoms with Gasteiger partial charge in [0.05, 0.1) is 30.8 Å². The van der Waals surface area contributed by atoms with Crippen molar-refractivity contribution in [3.8, 4) is 0 Å². The van der Waals surface area contributed by atoms with Gasteiger partial charge in [0, 0.05) is 12.5 Å². The first-order valence-corrected chi connectivity index (χ1v) is 11.3. The number of urea groups is 1. The highest BCUT2D eigenvalue weighted by Gasteiger charge is 2.32. The van der Waals surface area contributed by atoms with Gasteiger partial charge in [-0.3, -0.25) is 14.5 Å². The third-order valence-electron chi connectivity index (χ3n) is 5.75. The van der Waals surface area contributed by atoms with Gasteiger partial charge in [0.1, 0.15) is 12.1 Å². The van der Waals surface area contributed by atoms with Gasteiger partial charge >= 0.3 is 12.0 Å². The molecule has 1 heterocycles. The van der Waals surface area contributed by atoms with Gasteiger partial charge in [0.2, 0.25) is 11.8 Å².